The van der Waals surface area contributed by atoms with Gasteiger partial charge in [0.05, 0.1) is 5.69 Å². The Bertz CT molecular complexity index is 987. The van der Waals surface area contributed by atoms with Crippen LogP contribution in [0.3, 0.4) is 0 Å². The summed E-state index contributed by atoms with van der Waals surface area (Å²) in [5.41, 5.74) is 2.00. The number of hydrogen-bond donors (Lipinski definition) is 0. The molecule has 6 heteroatoms. The Labute approximate surface area is 165 Å². The number of urea groups is 1. The molecule has 0 bridgehead atoms. The molecular formula is C22H25N5O. The second-order valence-corrected chi connectivity index (χ2v) is 7.31. The minimum absolute atomic E-state index is 0.0627. The van der Waals surface area contributed by atoms with Crippen LogP contribution in [0.5, 0.6) is 0 Å². The van der Waals surface area contributed by atoms with Crippen LogP contribution in [0.2, 0.25) is 0 Å². The van der Waals surface area contributed by atoms with Gasteiger partial charge in [-0.05, 0) is 29.3 Å². The zero-order valence-electron chi connectivity index (χ0n) is 16.4. The van der Waals surface area contributed by atoms with Crippen molar-refractivity contribution in [2.24, 2.45) is 0 Å². The predicted octanol–water partition coefficient (Wildman–Crippen LogP) is 3.49. The first-order valence-corrected chi connectivity index (χ1v) is 9.65. The number of fused-ring (bicyclic) bond motifs is 1. The third-order valence-electron chi connectivity index (χ3n) is 5.12. The number of benzene rings is 2. The molecule has 1 saturated heterocycles. The maximum Gasteiger partial charge on any atom is 0.319 e. The van der Waals surface area contributed by atoms with E-state index in [1.54, 1.807) is 19.0 Å². The Hall–Kier alpha value is -3.15. The van der Waals surface area contributed by atoms with E-state index in [4.69, 9.17) is 4.98 Å². The molecular weight excluding hydrogens is 350 g/mol. The zero-order chi connectivity index (χ0) is 19.5. The van der Waals surface area contributed by atoms with Gasteiger partial charge in [-0.25, -0.2) is 14.8 Å². The molecule has 0 radical (unpaired) electrons. The number of nitrogens with zero attached hydrogens (tertiary/aromatic N) is 5. The first kappa shape index (κ1) is 18.2. The number of hydrogen-bond acceptors (Lipinski definition) is 4. The second kappa shape index (κ2) is 7.84. The van der Waals surface area contributed by atoms with Crippen LogP contribution < -0.4 is 4.90 Å². The summed E-state index contributed by atoms with van der Waals surface area (Å²) in [7, 11) is 3.59. The molecule has 1 fully saturated rings. The topological polar surface area (TPSA) is 52.6 Å². The predicted molar refractivity (Wildman–Crippen MR) is 112 cm³/mol. The average molecular weight is 375 g/mol. The first-order valence-electron chi connectivity index (χ1n) is 9.65. The molecule has 0 atom stereocenters. The highest BCUT2D eigenvalue weighted by atomic mass is 16.2. The smallest absolute Gasteiger partial charge is 0.319 e. The van der Waals surface area contributed by atoms with Gasteiger partial charge in [0, 0.05) is 52.0 Å². The summed E-state index contributed by atoms with van der Waals surface area (Å²) in [6, 6.07) is 16.7. The lowest BCUT2D eigenvalue weighted by molar-refractivity contribution is 0.174. The summed E-state index contributed by atoms with van der Waals surface area (Å²) < 4.78 is 0. The van der Waals surface area contributed by atoms with E-state index in [0.29, 0.717) is 6.54 Å². The normalized spacial score (nSPS) is 14.8. The van der Waals surface area contributed by atoms with Crippen LogP contribution in [0.4, 0.5) is 10.7 Å². The molecule has 144 valence electrons. The van der Waals surface area contributed by atoms with E-state index in [0.717, 1.165) is 43.3 Å². The lowest BCUT2D eigenvalue weighted by Gasteiger charge is -2.25. The SMILES string of the molecule is CN(C)C(=O)N1CCCN(c2nccc(-c3ccc4ccccc4c3)n2)CC1. The molecule has 0 spiro atoms. The Morgan fingerprint density at radius 3 is 2.61 bits per heavy atom. The van der Waals surface area contributed by atoms with Crippen molar-refractivity contribution in [2.45, 2.75) is 6.42 Å². The minimum atomic E-state index is 0.0627. The van der Waals surface area contributed by atoms with Gasteiger partial charge in [0.1, 0.15) is 0 Å². The number of aromatic nitrogens is 2. The van der Waals surface area contributed by atoms with Crippen LogP contribution in [-0.2, 0) is 0 Å². The van der Waals surface area contributed by atoms with Gasteiger partial charge in [0.2, 0.25) is 5.95 Å². The molecule has 2 heterocycles. The molecule has 3 aromatic rings. The van der Waals surface area contributed by atoms with Crippen molar-refractivity contribution in [2.75, 3.05) is 45.2 Å². The van der Waals surface area contributed by atoms with Gasteiger partial charge in [-0.2, -0.15) is 0 Å². The third kappa shape index (κ3) is 3.76. The number of carbonyl (C=O) groups is 1. The maximum atomic E-state index is 12.2. The monoisotopic (exact) mass is 375 g/mol. The van der Waals surface area contributed by atoms with Crippen molar-refractivity contribution in [3.8, 4) is 11.3 Å². The molecule has 0 N–H and O–H groups in total. The van der Waals surface area contributed by atoms with Gasteiger partial charge >= 0.3 is 6.03 Å². The lowest BCUT2D eigenvalue weighted by atomic mass is 10.1. The minimum Gasteiger partial charge on any atom is -0.339 e. The first-order chi connectivity index (χ1) is 13.6. The molecule has 2 amide bonds. The van der Waals surface area contributed by atoms with Crippen molar-refractivity contribution in [3.63, 3.8) is 0 Å². The standard InChI is InChI=1S/C22H25N5O/c1-25(2)22(28)27-13-5-12-26(14-15-27)21-23-11-10-20(24-21)19-9-8-17-6-3-4-7-18(17)16-19/h3-4,6-11,16H,5,12-15H2,1-2H3. The van der Waals surface area contributed by atoms with E-state index in [1.807, 2.05) is 17.2 Å². The summed E-state index contributed by atoms with van der Waals surface area (Å²) in [6.45, 7) is 3.03. The highest BCUT2D eigenvalue weighted by Crippen LogP contribution is 2.24. The second-order valence-electron chi connectivity index (χ2n) is 7.31. The molecule has 6 nitrogen and oxygen atoms in total. The molecule has 4 rings (SSSR count). The Kier molecular flexibility index (Phi) is 5.10. The largest absolute Gasteiger partial charge is 0.339 e. The molecule has 1 aliphatic heterocycles. The summed E-state index contributed by atoms with van der Waals surface area (Å²) in [4.78, 5) is 27.3. The number of anilines is 1. The van der Waals surface area contributed by atoms with Gasteiger partial charge in [-0.1, -0.05) is 36.4 Å². The van der Waals surface area contributed by atoms with Crippen LogP contribution >= 0.6 is 0 Å². The van der Waals surface area contributed by atoms with Crippen LogP contribution in [0.25, 0.3) is 22.0 Å². The number of rotatable bonds is 2. The molecule has 0 unspecified atom stereocenters. The third-order valence-corrected chi connectivity index (χ3v) is 5.12. The van der Waals surface area contributed by atoms with Gasteiger partial charge in [0.15, 0.2) is 0 Å². The Morgan fingerprint density at radius 1 is 0.964 bits per heavy atom. The molecule has 0 saturated carbocycles. The van der Waals surface area contributed by atoms with E-state index < -0.39 is 0 Å². The van der Waals surface area contributed by atoms with Gasteiger partial charge in [0.25, 0.3) is 0 Å². The van der Waals surface area contributed by atoms with Crippen LogP contribution in [0.15, 0.2) is 54.7 Å². The van der Waals surface area contributed by atoms with Gasteiger partial charge < -0.3 is 14.7 Å². The lowest BCUT2D eigenvalue weighted by Crippen LogP contribution is -2.41. The Morgan fingerprint density at radius 2 is 1.79 bits per heavy atom. The van der Waals surface area contributed by atoms with E-state index in [2.05, 4.69) is 52.3 Å². The molecule has 1 aromatic heterocycles. The van der Waals surface area contributed by atoms with E-state index in [-0.39, 0.29) is 6.03 Å². The summed E-state index contributed by atoms with van der Waals surface area (Å²) in [6.07, 6.45) is 2.73. The van der Waals surface area contributed by atoms with E-state index in [1.165, 1.54) is 10.8 Å². The molecule has 28 heavy (non-hydrogen) atoms. The quantitative estimate of drug-likeness (QED) is 0.688. The Balaban J connectivity index is 1.55. The molecule has 1 aliphatic rings. The van der Waals surface area contributed by atoms with Crippen molar-refractivity contribution in [1.29, 1.82) is 0 Å². The highest BCUT2D eigenvalue weighted by Gasteiger charge is 2.21. The number of amides is 2. The maximum absolute atomic E-state index is 12.2. The van der Waals surface area contributed by atoms with Crippen LogP contribution in [0, 0.1) is 0 Å². The highest BCUT2D eigenvalue weighted by molar-refractivity contribution is 5.86. The fourth-order valence-corrected chi connectivity index (χ4v) is 3.60. The molecule has 0 aliphatic carbocycles. The van der Waals surface area contributed by atoms with Gasteiger partial charge in [-0.15, -0.1) is 0 Å². The molecule has 2 aromatic carbocycles. The van der Waals surface area contributed by atoms with Gasteiger partial charge in [-0.3, -0.25) is 0 Å². The van der Waals surface area contributed by atoms with E-state index in [9.17, 15) is 4.79 Å². The summed E-state index contributed by atoms with van der Waals surface area (Å²) in [5, 5.41) is 2.42. The van der Waals surface area contributed by atoms with Crippen molar-refractivity contribution >= 4 is 22.8 Å². The van der Waals surface area contributed by atoms with Crippen molar-refractivity contribution in [3.05, 3.63) is 54.7 Å². The van der Waals surface area contributed by atoms with Crippen molar-refractivity contribution < 1.29 is 4.79 Å². The van der Waals surface area contributed by atoms with E-state index >= 15 is 0 Å². The van der Waals surface area contributed by atoms with Crippen LogP contribution in [-0.4, -0.2) is 66.1 Å². The zero-order valence-corrected chi connectivity index (χ0v) is 16.4. The summed E-state index contributed by atoms with van der Waals surface area (Å²) in [5.74, 6) is 0.727. The van der Waals surface area contributed by atoms with Crippen LogP contribution in [0.1, 0.15) is 6.42 Å². The average Bonchev–Trinajstić information content (AvgIpc) is 2.99. The fourth-order valence-electron chi connectivity index (χ4n) is 3.60. The summed E-state index contributed by atoms with van der Waals surface area (Å²) >= 11 is 0. The fraction of sp³-hybridized carbons (Fsp3) is 0.318. The number of carbonyl (C=O) groups excluding carboxylic acids is 1. The van der Waals surface area contributed by atoms with Crippen molar-refractivity contribution in [1.82, 2.24) is 19.8 Å².